The zero-order valence-electron chi connectivity index (χ0n) is 7.53. The van der Waals surface area contributed by atoms with Crippen LogP contribution in [0.2, 0.25) is 0 Å². The molecule has 4 heteroatoms. The Labute approximate surface area is 83.5 Å². The molecule has 13 heavy (non-hydrogen) atoms. The number of nitrogens with two attached hydrogens (primary N) is 1. The van der Waals surface area contributed by atoms with Crippen LogP contribution in [0.15, 0.2) is 30.3 Å². The van der Waals surface area contributed by atoms with Gasteiger partial charge in [-0.15, -0.1) is 0 Å². The van der Waals surface area contributed by atoms with Crippen molar-refractivity contribution >= 4 is 17.3 Å². The molecule has 0 fully saturated rings. The highest BCUT2D eigenvalue weighted by molar-refractivity contribution is 7.80. The maximum absolute atomic E-state index is 5.33. The zero-order chi connectivity index (χ0) is 9.68. The van der Waals surface area contributed by atoms with Crippen molar-refractivity contribution in [3.8, 4) is 0 Å². The van der Waals surface area contributed by atoms with Crippen molar-refractivity contribution in [1.82, 2.24) is 10.4 Å². The molecule has 0 aliphatic heterocycles. The van der Waals surface area contributed by atoms with Crippen molar-refractivity contribution in [2.45, 2.75) is 6.54 Å². The molecule has 1 aromatic rings. The Hall–Kier alpha value is -1.13. The maximum Gasteiger partial charge on any atom is 0.178 e. The molecule has 3 N–H and O–H groups in total. The first-order valence-corrected chi connectivity index (χ1v) is 4.40. The van der Waals surface area contributed by atoms with Crippen LogP contribution in [0.3, 0.4) is 0 Å². The number of hydrogen-bond donors (Lipinski definition) is 2. The molecule has 1 rings (SSSR count). The first-order valence-electron chi connectivity index (χ1n) is 3.99. The Morgan fingerprint density at radius 2 is 2.08 bits per heavy atom. The van der Waals surface area contributed by atoms with Gasteiger partial charge in [0.15, 0.2) is 5.11 Å². The van der Waals surface area contributed by atoms with E-state index < -0.39 is 0 Å². The molecule has 0 saturated heterocycles. The SMILES string of the molecule is CN(Cc1ccccc1)NC(N)=S. The highest BCUT2D eigenvalue weighted by Crippen LogP contribution is 2.00. The van der Waals surface area contributed by atoms with E-state index in [1.54, 1.807) is 0 Å². The number of rotatable bonds is 3. The van der Waals surface area contributed by atoms with Gasteiger partial charge in [-0.05, 0) is 17.8 Å². The Kier molecular flexibility index (Phi) is 3.67. The van der Waals surface area contributed by atoms with Gasteiger partial charge in [0.05, 0.1) is 0 Å². The van der Waals surface area contributed by atoms with Crippen molar-refractivity contribution in [3.05, 3.63) is 35.9 Å². The molecule has 0 radical (unpaired) electrons. The molecule has 0 saturated carbocycles. The summed E-state index contributed by atoms with van der Waals surface area (Å²) >= 11 is 4.71. The summed E-state index contributed by atoms with van der Waals surface area (Å²) in [5, 5.41) is 2.14. The van der Waals surface area contributed by atoms with Gasteiger partial charge < -0.3 is 5.73 Å². The Balaban J connectivity index is 2.45. The van der Waals surface area contributed by atoms with E-state index in [1.807, 2.05) is 30.3 Å². The number of hydrogen-bond acceptors (Lipinski definition) is 2. The minimum absolute atomic E-state index is 0.290. The minimum atomic E-state index is 0.290. The number of benzene rings is 1. The Morgan fingerprint density at radius 3 is 2.62 bits per heavy atom. The third kappa shape index (κ3) is 3.87. The van der Waals surface area contributed by atoms with Crippen LogP contribution in [0.1, 0.15) is 5.56 Å². The first-order chi connectivity index (χ1) is 6.18. The minimum Gasteiger partial charge on any atom is -0.375 e. The molecule has 0 aromatic heterocycles. The van der Waals surface area contributed by atoms with Gasteiger partial charge in [-0.3, -0.25) is 5.43 Å². The first kappa shape index (κ1) is 9.95. The fraction of sp³-hybridized carbons (Fsp3) is 0.222. The quantitative estimate of drug-likeness (QED) is 0.554. The molecule has 0 heterocycles. The van der Waals surface area contributed by atoms with Crippen LogP contribution in [0.25, 0.3) is 0 Å². The zero-order valence-corrected chi connectivity index (χ0v) is 8.34. The van der Waals surface area contributed by atoms with E-state index in [1.165, 1.54) is 5.56 Å². The summed E-state index contributed by atoms with van der Waals surface area (Å²) in [6, 6.07) is 10.1. The van der Waals surface area contributed by atoms with E-state index in [9.17, 15) is 0 Å². The van der Waals surface area contributed by atoms with Crippen molar-refractivity contribution in [2.24, 2.45) is 5.73 Å². The van der Waals surface area contributed by atoms with E-state index >= 15 is 0 Å². The van der Waals surface area contributed by atoms with E-state index in [-0.39, 0.29) is 0 Å². The summed E-state index contributed by atoms with van der Waals surface area (Å²) in [5.41, 5.74) is 9.38. The van der Waals surface area contributed by atoms with Gasteiger partial charge in [0, 0.05) is 13.6 Å². The van der Waals surface area contributed by atoms with Crippen molar-refractivity contribution < 1.29 is 0 Å². The molecule has 0 bridgehead atoms. The summed E-state index contributed by atoms with van der Waals surface area (Å²) < 4.78 is 0. The van der Waals surface area contributed by atoms with Gasteiger partial charge in [0.1, 0.15) is 0 Å². The summed E-state index contributed by atoms with van der Waals surface area (Å²) in [5.74, 6) is 0. The van der Waals surface area contributed by atoms with Crippen molar-refractivity contribution in [2.75, 3.05) is 7.05 Å². The molecule has 0 atom stereocenters. The Bertz CT molecular complexity index is 273. The van der Waals surface area contributed by atoms with Crippen LogP contribution in [-0.4, -0.2) is 17.2 Å². The predicted molar refractivity (Wildman–Crippen MR) is 57.8 cm³/mol. The molecule has 0 unspecified atom stereocenters. The fourth-order valence-corrected chi connectivity index (χ4v) is 1.24. The van der Waals surface area contributed by atoms with Crippen molar-refractivity contribution in [3.63, 3.8) is 0 Å². The van der Waals surface area contributed by atoms with E-state index in [0.29, 0.717) is 5.11 Å². The standard InChI is InChI=1S/C9H13N3S/c1-12(11-9(10)13)7-8-5-3-2-4-6-8/h2-6H,7H2,1H3,(H3,10,11,13). The van der Waals surface area contributed by atoms with Crippen LogP contribution in [0, 0.1) is 0 Å². The van der Waals surface area contributed by atoms with Gasteiger partial charge in [-0.2, -0.15) is 0 Å². The lowest BCUT2D eigenvalue weighted by Gasteiger charge is -2.17. The van der Waals surface area contributed by atoms with Crippen molar-refractivity contribution in [1.29, 1.82) is 0 Å². The second-order valence-electron chi connectivity index (χ2n) is 2.82. The van der Waals surface area contributed by atoms with E-state index in [0.717, 1.165) is 6.54 Å². The van der Waals surface area contributed by atoms with Gasteiger partial charge >= 0.3 is 0 Å². The molecular weight excluding hydrogens is 182 g/mol. The highest BCUT2D eigenvalue weighted by atomic mass is 32.1. The smallest absolute Gasteiger partial charge is 0.178 e. The lowest BCUT2D eigenvalue weighted by molar-refractivity contribution is 0.285. The number of thiocarbonyl (C=S) groups is 1. The van der Waals surface area contributed by atoms with E-state index in [2.05, 4.69) is 17.6 Å². The average Bonchev–Trinajstić information content (AvgIpc) is 2.04. The summed E-state index contributed by atoms with van der Waals surface area (Å²) in [7, 11) is 1.90. The van der Waals surface area contributed by atoms with Crippen LogP contribution in [0.4, 0.5) is 0 Å². The normalized spacial score (nSPS) is 10.0. The van der Waals surface area contributed by atoms with Gasteiger partial charge in [-0.25, -0.2) is 5.01 Å². The second-order valence-corrected chi connectivity index (χ2v) is 3.26. The highest BCUT2D eigenvalue weighted by Gasteiger charge is 1.98. The average molecular weight is 195 g/mol. The monoisotopic (exact) mass is 195 g/mol. The molecule has 70 valence electrons. The number of nitrogens with zero attached hydrogens (tertiary/aromatic N) is 1. The van der Waals surface area contributed by atoms with Crippen LogP contribution in [-0.2, 0) is 6.54 Å². The summed E-state index contributed by atoms with van der Waals surface area (Å²) in [6.07, 6.45) is 0. The Morgan fingerprint density at radius 1 is 1.46 bits per heavy atom. The molecule has 3 nitrogen and oxygen atoms in total. The van der Waals surface area contributed by atoms with Crippen LogP contribution in [0.5, 0.6) is 0 Å². The van der Waals surface area contributed by atoms with Gasteiger partial charge in [0.2, 0.25) is 0 Å². The largest absolute Gasteiger partial charge is 0.375 e. The molecule has 0 amide bonds. The third-order valence-corrected chi connectivity index (χ3v) is 1.65. The lowest BCUT2D eigenvalue weighted by atomic mass is 10.2. The third-order valence-electron chi connectivity index (χ3n) is 1.56. The van der Waals surface area contributed by atoms with Gasteiger partial charge in [-0.1, -0.05) is 30.3 Å². The topological polar surface area (TPSA) is 41.3 Å². The predicted octanol–water partition coefficient (Wildman–Crippen LogP) is 0.867. The maximum atomic E-state index is 5.33. The molecular formula is C9H13N3S. The lowest BCUT2D eigenvalue weighted by Crippen LogP contribution is -2.41. The van der Waals surface area contributed by atoms with Crippen LogP contribution < -0.4 is 11.2 Å². The molecule has 0 aliphatic carbocycles. The molecule has 0 spiro atoms. The van der Waals surface area contributed by atoms with Crippen LogP contribution >= 0.6 is 12.2 Å². The summed E-state index contributed by atoms with van der Waals surface area (Å²) in [4.78, 5) is 0. The second kappa shape index (κ2) is 4.79. The molecule has 0 aliphatic rings. The van der Waals surface area contributed by atoms with E-state index in [4.69, 9.17) is 18.0 Å². The number of hydrazine groups is 1. The van der Waals surface area contributed by atoms with Gasteiger partial charge in [0.25, 0.3) is 0 Å². The molecule has 1 aromatic carbocycles. The fourth-order valence-electron chi connectivity index (χ4n) is 1.08. The number of nitrogens with one attached hydrogen (secondary N) is 1. The summed E-state index contributed by atoms with van der Waals surface area (Å²) in [6.45, 7) is 0.776.